The van der Waals surface area contributed by atoms with Crippen LogP contribution in [-0.4, -0.2) is 10.3 Å². The van der Waals surface area contributed by atoms with E-state index in [4.69, 9.17) is 5.11 Å². The SMILES string of the molecule is OCc1cc(-c2c(F)cccc2F)no1. The molecule has 2 rings (SSSR count). The summed E-state index contributed by atoms with van der Waals surface area (Å²) in [5.41, 5.74) is -0.212. The van der Waals surface area contributed by atoms with Crippen LogP contribution >= 0.6 is 0 Å². The van der Waals surface area contributed by atoms with Crippen LogP contribution < -0.4 is 0 Å². The van der Waals surface area contributed by atoms with Gasteiger partial charge in [-0.15, -0.1) is 0 Å². The van der Waals surface area contributed by atoms with Crippen LogP contribution in [0.1, 0.15) is 5.76 Å². The Labute approximate surface area is 83.9 Å². The Balaban J connectivity index is 2.53. The van der Waals surface area contributed by atoms with Crippen molar-refractivity contribution in [2.45, 2.75) is 6.61 Å². The van der Waals surface area contributed by atoms with E-state index in [-0.39, 0.29) is 23.6 Å². The van der Waals surface area contributed by atoms with Gasteiger partial charge in [-0.2, -0.15) is 0 Å². The minimum atomic E-state index is -0.715. The highest BCUT2D eigenvalue weighted by Gasteiger charge is 2.14. The molecule has 0 unspecified atom stereocenters. The van der Waals surface area contributed by atoms with Crippen LogP contribution in [0.4, 0.5) is 8.78 Å². The van der Waals surface area contributed by atoms with E-state index in [2.05, 4.69) is 9.68 Å². The smallest absolute Gasteiger partial charge is 0.162 e. The Bertz CT molecular complexity index is 462. The van der Waals surface area contributed by atoms with Crippen molar-refractivity contribution in [2.24, 2.45) is 0 Å². The lowest BCUT2D eigenvalue weighted by Crippen LogP contribution is -1.89. The van der Waals surface area contributed by atoms with Gasteiger partial charge in [0.05, 0.1) is 5.56 Å². The van der Waals surface area contributed by atoms with Gasteiger partial charge < -0.3 is 9.63 Å². The molecule has 3 nitrogen and oxygen atoms in total. The Morgan fingerprint density at radius 1 is 1.27 bits per heavy atom. The molecule has 1 aromatic carbocycles. The van der Waals surface area contributed by atoms with E-state index in [0.29, 0.717) is 0 Å². The summed E-state index contributed by atoms with van der Waals surface area (Å²) in [5, 5.41) is 12.2. The first-order valence-corrected chi connectivity index (χ1v) is 4.23. The average molecular weight is 211 g/mol. The fourth-order valence-corrected chi connectivity index (χ4v) is 1.25. The lowest BCUT2D eigenvalue weighted by Gasteiger charge is -1.98. The number of rotatable bonds is 2. The minimum absolute atomic E-state index is 0.0367. The molecule has 0 amide bonds. The van der Waals surface area contributed by atoms with Gasteiger partial charge in [-0.05, 0) is 12.1 Å². The number of aromatic nitrogens is 1. The van der Waals surface area contributed by atoms with Crippen LogP contribution in [0.3, 0.4) is 0 Å². The number of hydrogen-bond donors (Lipinski definition) is 1. The average Bonchev–Trinajstić information content (AvgIpc) is 2.66. The summed E-state index contributed by atoms with van der Waals surface area (Å²) >= 11 is 0. The largest absolute Gasteiger partial charge is 0.388 e. The highest BCUT2D eigenvalue weighted by Crippen LogP contribution is 2.25. The van der Waals surface area contributed by atoms with E-state index in [9.17, 15) is 8.78 Å². The first-order valence-electron chi connectivity index (χ1n) is 4.23. The first-order chi connectivity index (χ1) is 7.22. The summed E-state index contributed by atoms with van der Waals surface area (Å²) in [6.07, 6.45) is 0. The molecule has 2 aromatic rings. The van der Waals surface area contributed by atoms with Crippen LogP contribution in [0.2, 0.25) is 0 Å². The number of benzene rings is 1. The molecule has 0 aliphatic carbocycles. The van der Waals surface area contributed by atoms with Crippen molar-refractivity contribution in [3.8, 4) is 11.3 Å². The van der Waals surface area contributed by atoms with Crippen molar-refractivity contribution in [1.29, 1.82) is 0 Å². The number of nitrogens with zero attached hydrogens (tertiary/aromatic N) is 1. The van der Waals surface area contributed by atoms with Crippen LogP contribution in [0.25, 0.3) is 11.3 Å². The molecule has 0 atom stereocenters. The lowest BCUT2D eigenvalue weighted by atomic mass is 10.1. The van der Waals surface area contributed by atoms with Gasteiger partial charge in [0.25, 0.3) is 0 Å². The normalized spacial score (nSPS) is 10.6. The van der Waals surface area contributed by atoms with Gasteiger partial charge >= 0.3 is 0 Å². The second-order valence-corrected chi connectivity index (χ2v) is 2.93. The van der Waals surface area contributed by atoms with Gasteiger partial charge in [0.15, 0.2) is 5.76 Å². The first kappa shape index (κ1) is 9.79. The summed E-state index contributed by atoms with van der Waals surface area (Å²) < 4.78 is 31.2. The molecule has 0 bridgehead atoms. The molecular formula is C10H7F2NO2. The van der Waals surface area contributed by atoms with Crippen molar-refractivity contribution in [3.05, 3.63) is 41.7 Å². The molecule has 0 spiro atoms. The van der Waals surface area contributed by atoms with Crippen LogP contribution in [0, 0.1) is 11.6 Å². The number of hydrogen-bond acceptors (Lipinski definition) is 3. The second kappa shape index (κ2) is 3.78. The van der Waals surface area contributed by atoms with E-state index >= 15 is 0 Å². The van der Waals surface area contributed by atoms with Crippen LogP contribution in [-0.2, 0) is 6.61 Å². The third-order valence-corrected chi connectivity index (χ3v) is 1.93. The van der Waals surface area contributed by atoms with Crippen molar-refractivity contribution >= 4 is 0 Å². The fraction of sp³-hybridized carbons (Fsp3) is 0.100. The van der Waals surface area contributed by atoms with E-state index in [0.717, 1.165) is 12.1 Å². The molecule has 0 fully saturated rings. The molecule has 78 valence electrons. The fourth-order valence-electron chi connectivity index (χ4n) is 1.25. The van der Waals surface area contributed by atoms with Gasteiger partial charge in [0.1, 0.15) is 23.9 Å². The maximum atomic E-state index is 13.3. The Kier molecular flexibility index (Phi) is 2.47. The highest BCUT2D eigenvalue weighted by molar-refractivity contribution is 5.60. The van der Waals surface area contributed by atoms with E-state index in [1.165, 1.54) is 12.1 Å². The zero-order chi connectivity index (χ0) is 10.8. The zero-order valence-corrected chi connectivity index (χ0v) is 7.58. The van der Waals surface area contributed by atoms with E-state index < -0.39 is 11.6 Å². The highest BCUT2D eigenvalue weighted by atomic mass is 19.1. The molecule has 5 heteroatoms. The van der Waals surface area contributed by atoms with Gasteiger partial charge in [0.2, 0.25) is 0 Å². The van der Waals surface area contributed by atoms with E-state index in [1.807, 2.05) is 0 Å². The molecule has 15 heavy (non-hydrogen) atoms. The summed E-state index contributed by atoms with van der Waals surface area (Å²) in [4.78, 5) is 0. The van der Waals surface area contributed by atoms with Gasteiger partial charge in [-0.1, -0.05) is 11.2 Å². The molecule has 0 aliphatic heterocycles. The molecule has 0 saturated carbocycles. The predicted octanol–water partition coefficient (Wildman–Crippen LogP) is 2.11. The molecule has 0 saturated heterocycles. The number of aliphatic hydroxyl groups excluding tert-OH is 1. The van der Waals surface area contributed by atoms with Crippen LogP contribution in [0.15, 0.2) is 28.8 Å². The molecule has 0 radical (unpaired) electrons. The maximum absolute atomic E-state index is 13.3. The Morgan fingerprint density at radius 3 is 2.47 bits per heavy atom. The maximum Gasteiger partial charge on any atom is 0.162 e. The van der Waals surface area contributed by atoms with Gasteiger partial charge in [-0.25, -0.2) is 8.78 Å². The van der Waals surface area contributed by atoms with Crippen molar-refractivity contribution in [2.75, 3.05) is 0 Å². The Hall–Kier alpha value is -1.75. The lowest BCUT2D eigenvalue weighted by molar-refractivity contribution is 0.229. The summed E-state index contributed by atoms with van der Waals surface area (Å²) in [6.45, 7) is -0.358. The Morgan fingerprint density at radius 2 is 1.93 bits per heavy atom. The van der Waals surface area contributed by atoms with E-state index in [1.54, 1.807) is 0 Å². The monoisotopic (exact) mass is 211 g/mol. The van der Waals surface area contributed by atoms with Crippen LogP contribution in [0.5, 0.6) is 0 Å². The third-order valence-electron chi connectivity index (χ3n) is 1.93. The number of aliphatic hydroxyl groups is 1. The summed E-state index contributed by atoms with van der Waals surface area (Å²) in [7, 11) is 0. The van der Waals surface area contributed by atoms with Crippen molar-refractivity contribution in [3.63, 3.8) is 0 Å². The molecule has 1 N–H and O–H groups in total. The standard InChI is InChI=1S/C10H7F2NO2/c11-7-2-1-3-8(12)10(7)9-4-6(5-14)15-13-9/h1-4,14H,5H2. The quantitative estimate of drug-likeness (QED) is 0.827. The summed E-state index contributed by atoms with van der Waals surface area (Å²) in [5.74, 6) is -1.27. The van der Waals surface area contributed by atoms with Crippen molar-refractivity contribution < 1.29 is 18.4 Å². The minimum Gasteiger partial charge on any atom is -0.388 e. The molecule has 1 heterocycles. The van der Waals surface area contributed by atoms with Crippen molar-refractivity contribution in [1.82, 2.24) is 5.16 Å². The second-order valence-electron chi connectivity index (χ2n) is 2.93. The van der Waals surface area contributed by atoms with Gasteiger partial charge in [-0.3, -0.25) is 0 Å². The predicted molar refractivity (Wildman–Crippen MR) is 47.8 cm³/mol. The third kappa shape index (κ3) is 1.73. The zero-order valence-electron chi connectivity index (χ0n) is 7.58. The molecule has 0 aliphatic rings. The van der Waals surface area contributed by atoms with Gasteiger partial charge in [0, 0.05) is 6.07 Å². The summed E-state index contributed by atoms with van der Waals surface area (Å²) in [6, 6.07) is 4.82. The molecule has 1 aromatic heterocycles. The molecular weight excluding hydrogens is 204 g/mol. The number of halogens is 2. The topological polar surface area (TPSA) is 46.3 Å².